The molecule has 1 nitrogen and oxygen atoms in total. The maximum Gasteiger partial charge on any atom is 0.0115 e. The molecule has 0 aliphatic heterocycles. The molecule has 1 saturated carbocycles. The van der Waals surface area contributed by atoms with Crippen LogP contribution < -0.4 is 5.73 Å². The average Bonchev–Trinajstić information content (AvgIpc) is 2.84. The third-order valence-corrected chi connectivity index (χ3v) is 10.00. The van der Waals surface area contributed by atoms with Crippen LogP contribution in [0.15, 0.2) is 12.2 Å². The second kappa shape index (κ2) is 22.4. The Morgan fingerprint density at radius 1 is 0.771 bits per heavy atom. The van der Waals surface area contributed by atoms with Gasteiger partial charge in [-0.25, -0.2) is 0 Å². The lowest BCUT2D eigenvalue weighted by Gasteiger charge is -2.36. The highest BCUT2D eigenvalue weighted by Gasteiger charge is 2.30. The van der Waals surface area contributed by atoms with E-state index in [4.69, 9.17) is 5.73 Å². The van der Waals surface area contributed by atoms with Gasteiger partial charge >= 0.3 is 0 Å². The van der Waals surface area contributed by atoms with Crippen molar-refractivity contribution in [2.75, 3.05) is 6.54 Å². The van der Waals surface area contributed by atoms with Gasteiger partial charge < -0.3 is 5.73 Å². The van der Waals surface area contributed by atoms with E-state index in [9.17, 15) is 0 Å². The first-order valence-corrected chi connectivity index (χ1v) is 17.3. The minimum absolute atomic E-state index is 0.390. The molecule has 208 valence electrons. The fraction of sp³-hybridized carbons (Fsp3) is 0.939. The van der Waals surface area contributed by atoms with Gasteiger partial charge in [0.25, 0.3) is 0 Å². The summed E-state index contributed by atoms with van der Waals surface area (Å²) in [5.41, 5.74) is 6.79. The number of alkyl halides is 1. The smallest absolute Gasteiger partial charge is 0.0115 e. The highest BCUT2D eigenvalue weighted by atomic mass is 127. The summed E-state index contributed by atoms with van der Waals surface area (Å²) in [5, 5.41) is 0. The number of rotatable bonds is 14. The Bertz CT molecular complexity index is 471. The van der Waals surface area contributed by atoms with Crippen molar-refractivity contribution in [3.8, 4) is 0 Å². The lowest BCUT2D eigenvalue weighted by molar-refractivity contribution is 0.180. The molecule has 1 fully saturated rings. The van der Waals surface area contributed by atoms with Crippen LogP contribution in [0, 0.1) is 17.3 Å². The number of unbranched alkanes of at least 4 members (excludes halogenated alkanes) is 4. The van der Waals surface area contributed by atoms with Crippen molar-refractivity contribution in [2.45, 2.75) is 172 Å². The summed E-state index contributed by atoms with van der Waals surface area (Å²) in [6.45, 7) is 8.16. The van der Waals surface area contributed by atoms with Gasteiger partial charge in [0.05, 0.1) is 0 Å². The van der Waals surface area contributed by atoms with Crippen molar-refractivity contribution >= 4 is 22.6 Å². The zero-order valence-corrected chi connectivity index (χ0v) is 26.5. The van der Waals surface area contributed by atoms with Crippen LogP contribution in [0.5, 0.6) is 0 Å². The van der Waals surface area contributed by atoms with Crippen molar-refractivity contribution < 1.29 is 0 Å². The molecule has 0 spiro atoms. The summed E-state index contributed by atoms with van der Waals surface area (Å²) in [5.74, 6) is 1.43. The van der Waals surface area contributed by atoms with Crippen molar-refractivity contribution in [3.63, 3.8) is 0 Å². The Morgan fingerprint density at radius 3 is 1.80 bits per heavy atom. The largest absolute Gasteiger partial charge is 0.330 e. The Kier molecular flexibility index (Phi) is 21.4. The van der Waals surface area contributed by atoms with E-state index in [-0.39, 0.29) is 0 Å². The Labute approximate surface area is 235 Å². The molecule has 0 aromatic heterocycles. The van der Waals surface area contributed by atoms with Crippen LogP contribution in [0.2, 0.25) is 0 Å². The normalized spacial score (nSPS) is 21.7. The average molecular weight is 602 g/mol. The maximum absolute atomic E-state index is 6.40. The molecule has 1 unspecified atom stereocenters. The van der Waals surface area contributed by atoms with Crippen LogP contribution in [0.3, 0.4) is 0 Å². The van der Waals surface area contributed by atoms with Gasteiger partial charge in [0, 0.05) is 3.92 Å². The van der Waals surface area contributed by atoms with E-state index in [1.807, 2.05) is 0 Å². The van der Waals surface area contributed by atoms with Gasteiger partial charge in [-0.05, 0) is 55.9 Å². The number of hydrogen-bond acceptors (Lipinski definition) is 1. The molecule has 2 N–H and O–H groups in total. The van der Waals surface area contributed by atoms with Crippen LogP contribution in [0.1, 0.15) is 168 Å². The van der Waals surface area contributed by atoms with Crippen LogP contribution in [-0.4, -0.2) is 10.5 Å². The molecule has 0 radical (unpaired) electrons. The van der Waals surface area contributed by atoms with Gasteiger partial charge in [0.1, 0.15) is 0 Å². The van der Waals surface area contributed by atoms with Crippen LogP contribution >= 0.6 is 22.6 Å². The van der Waals surface area contributed by atoms with Crippen molar-refractivity contribution in [1.82, 2.24) is 0 Å². The fourth-order valence-corrected chi connectivity index (χ4v) is 7.45. The molecular formula is C33H64IN. The van der Waals surface area contributed by atoms with E-state index in [1.54, 1.807) is 0 Å². The predicted molar refractivity (Wildman–Crippen MR) is 169 cm³/mol. The van der Waals surface area contributed by atoms with Crippen molar-refractivity contribution in [1.29, 1.82) is 0 Å². The standard InChI is InChI=1S/C33H64IN/c1-4-5-6-15-18-23-30(2)28-32(34)25-20-19-24-31(29-35)33(3)26-21-16-13-11-9-7-8-10-12-14-17-22-27-33/h19,24,30-32H,4-18,20-23,25-29,35H2,1-3H3/t30-,31?,32-/m0/s1. The topological polar surface area (TPSA) is 26.0 Å². The number of halogens is 1. The molecule has 0 saturated heterocycles. The zero-order valence-electron chi connectivity index (χ0n) is 24.3. The van der Waals surface area contributed by atoms with E-state index < -0.39 is 0 Å². The molecule has 1 aliphatic rings. The molecule has 1 rings (SSSR count). The minimum Gasteiger partial charge on any atom is -0.330 e. The molecule has 3 atom stereocenters. The SMILES string of the molecule is CCCCCCC[C@H](C)C[C@@H](I)CCC=CC(CN)C1(C)CCCCCCCCCCCCCC1. The number of nitrogens with two attached hydrogens (primary N) is 1. The summed E-state index contributed by atoms with van der Waals surface area (Å²) in [4.78, 5) is 0. The lowest BCUT2D eigenvalue weighted by Crippen LogP contribution is -2.32. The first-order chi connectivity index (χ1) is 17.0. The van der Waals surface area contributed by atoms with Crippen molar-refractivity contribution in [2.24, 2.45) is 23.0 Å². The van der Waals surface area contributed by atoms with Crippen molar-refractivity contribution in [3.05, 3.63) is 12.2 Å². The van der Waals surface area contributed by atoms with E-state index in [2.05, 4.69) is 55.5 Å². The molecule has 2 heteroatoms. The molecule has 0 bridgehead atoms. The highest BCUT2D eigenvalue weighted by molar-refractivity contribution is 14.1. The van der Waals surface area contributed by atoms with Crippen LogP contribution in [0.4, 0.5) is 0 Å². The predicted octanol–water partition coefficient (Wildman–Crippen LogP) is 11.6. The summed E-state index contributed by atoms with van der Waals surface area (Å²) >= 11 is 2.72. The second-order valence-corrected chi connectivity index (χ2v) is 14.1. The quantitative estimate of drug-likeness (QED) is 0.0911. The van der Waals surface area contributed by atoms with E-state index in [0.29, 0.717) is 11.3 Å². The first-order valence-electron chi connectivity index (χ1n) is 16.0. The zero-order chi connectivity index (χ0) is 25.6. The van der Waals surface area contributed by atoms with Crippen LogP contribution in [-0.2, 0) is 0 Å². The number of allylic oxidation sites excluding steroid dienone is 1. The Morgan fingerprint density at radius 2 is 1.29 bits per heavy atom. The molecule has 0 heterocycles. The third kappa shape index (κ3) is 17.5. The highest BCUT2D eigenvalue weighted by Crippen LogP contribution is 2.39. The summed E-state index contributed by atoms with van der Waals surface area (Å²) in [6, 6.07) is 0. The monoisotopic (exact) mass is 601 g/mol. The molecule has 1 aliphatic carbocycles. The Balaban J connectivity index is 2.46. The maximum atomic E-state index is 6.40. The van der Waals surface area contributed by atoms with Gasteiger partial charge in [0.2, 0.25) is 0 Å². The molecule has 0 amide bonds. The van der Waals surface area contributed by atoms with Gasteiger partial charge in [0.15, 0.2) is 0 Å². The number of hydrogen-bond donors (Lipinski definition) is 1. The van der Waals surface area contributed by atoms with E-state index >= 15 is 0 Å². The fourth-order valence-electron chi connectivity index (χ4n) is 6.22. The first kappa shape index (κ1) is 33.5. The molecule has 35 heavy (non-hydrogen) atoms. The lowest BCUT2D eigenvalue weighted by atomic mass is 9.69. The van der Waals surface area contributed by atoms with E-state index in [0.717, 1.165) is 16.4 Å². The Hall–Kier alpha value is 0.430. The summed E-state index contributed by atoms with van der Waals surface area (Å²) < 4.78 is 0.813. The summed E-state index contributed by atoms with van der Waals surface area (Å²) in [7, 11) is 0. The molecule has 0 aromatic carbocycles. The van der Waals surface area contributed by atoms with Gasteiger partial charge in [-0.3, -0.25) is 0 Å². The van der Waals surface area contributed by atoms with Gasteiger partial charge in [-0.2, -0.15) is 0 Å². The second-order valence-electron chi connectivity index (χ2n) is 12.4. The van der Waals surface area contributed by atoms with Gasteiger partial charge in [-0.1, -0.05) is 171 Å². The van der Waals surface area contributed by atoms with Crippen LogP contribution in [0.25, 0.3) is 0 Å². The van der Waals surface area contributed by atoms with E-state index in [1.165, 1.54) is 148 Å². The summed E-state index contributed by atoms with van der Waals surface area (Å²) in [6.07, 6.45) is 37.5. The molecular weight excluding hydrogens is 537 g/mol. The molecule has 0 aromatic rings. The minimum atomic E-state index is 0.390. The van der Waals surface area contributed by atoms with Gasteiger partial charge in [-0.15, -0.1) is 0 Å². The third-order valence-electron chi connectivity index (χ3n) is 8.87.